The van der Waals surface area contributed by atoms with Crippen molar-refractivity contribution in [3.8, 4) is 0 Å². The van der Waals surface area contributed by atoms with E-state index in [9.17, 15) is 9.59 Å². The van der Waals surface area contributed by atoms with Crippen LogP contribution in [0.4, 0.5) is 0 Å². The molecule has 0 N–H and O–H groups in total. The van der Waals surface area contributed by atoms with Gasteiger partial charge in [-0.3, -0.25) is 9.59 Å². The Morgan fingerprint density at radius 3 is 2.47 bits per heavy atom. The van der Waals surface area contributed by atoms with Crippen LogP contribution in [0, 0.1) is 16.7 Å². The van der Waals surface area contributed by atoms with Gasteiger partial charge in [0, 0.05) is 23.2 Å². The number of ketones is 2. The lowest BCUT2D eigenvalue weighted by molar-refractivity contribution is -0.134. The summed E-state index contributed by atoms with van der Waals surface area (Å²) in [6.45, 7) is 10.2. The molecule has 2 atom stereocenters. The molecule has 19 heavy (non-hydrogen) atoms. The predicted octanol–water partition coefficient (Wildman–Crippen LogP) is 4.09. The monoisotopic (exact) mass is 262 g/mol. The Hall–Kier alpha value is -0.920. The number of Topliss-reactive ketones (excluding diaryl/α,β-unsaturated/α-hetero) is 2. The fourth-order valence-electron chi connectivity index (χ4n) is 4.14. The molecule has 2 aliphatic carbocycles. The Labute approximate surface area is 116 Å². The summed E-state index contributed by atoms with van der Waals surface area (Å²) in [5, 5.41) is 0. The molecule has 0 aromatic rings. The summed E-state index contributed by atoms with van der Waals surface area (Å²) in [4.78, 5) is 24.7. The molecule has 1 fully saturated rings. The Morgan fingerprint density at radius 2 is 1.95 bits per heavy atom. The molecule has 0 unspecified atom stereocenters. The lowest BCUT2D eigenvalue weighted by Crippen LogP contribution is -2.40. The van der Waals surface area contributed by atoms with Crippen LogP contribution in [0.25, 0.3) is 0 Å². The highest BCUT2D eigenvalue weighted by atomic mass is 16.1. The van der Waals surface area contributed by atoms with E-state index in [2.05, 4.69) is 6.92 Å². The molecule has 0 saturated heterocycles. The number of carbonyl (C=O) groups excluding carboxylic acids is 2. The third-order valence-electron chi connectivity index (χ3n) is 5.31. The van der Waals surface area contributed by atoms with E-state index in [1.165, 1.54) is 5.57 Å². The van der Waals surface area contributed by atoms with Crippen molar-refractivity contribution < 1.29 is 9.59 Å². The molecule has 2 heteroatoms. The van der Waals surface area contributed by atoms with Crippen LogP contribution in [0.3, 0.4) is 0 Å². The molecule has 0 radical (unpaired) electrons. The molecular weight excluding hydrogens is 236 g/mol. The Balaban J connectivity index is 2.46. The Morgan fingerprint density at radius 1 is 1.32 bits per heavy atom. The molecule has 0 bridgehead atoms. The zero-order valence-electron chi connectivity index (χ0n) is 12.9. The second-order valence-corrected chi connectivity index (χ2v) is 7.24. The SMILES string of the molecule is CC[C@]12CCC(=O)C(C)=C1CC[C@@H]2C(=O)C(C)(C)C. The largest absolute Gasteiger partial charge is 0.299 e. The highest BCUT2D eigenvalue weighted by Gasteiger charge is 2.52. The van der Waals surface area contributed by atoms with Crippen LogP contribution in [0.5, 0.6) is 0 Å². The number of rotatable bonds is 2. The number of carbonyl (C=O) groups is 2. The van der Waals surface area contributed by atoms with Crippen LogP contribution in [0.15, 0.2) is 11.1 Å². The van der Waals surface area contributed by atoms with Crippen molar-refractivity contribution in [2.45, 2.75) is 66.7 Å². The third-order valence-corrected chi connectivity index (χ3v) is 5.31. The summed E-state index contributed by atoms with van der Waals surface area (Å²) in [6, 6.07) is 0. The van der Waals surface area contributed by atoms with Gasteiger partial charge < -0.3 is 0 Å². The Bertz CT molecular complexity index is 450. The van der Waals surface area contributed by atoms with Gasteiger partial charge in [-0.25, -0.2) is 0 Å². The first kappa shape index (κ1) is 14.5. The van der Waals surface area contributed by atoms with Gasteiger partial charge >= 0.3 is 0 Å². The number of allylic oxidation sites excluding steroid dienone is 2. The van der Waals surface area contributed by atoms with E-state index in [0.717, 1.165) is 31.3 Å². The van der Waals surface area contributed by atoms with Gasteiger partial charge in [0.05, 0.1) is 0 Å². The number of hydrogen-bond acceptors (Lipinski definition) is 2. The minimum atomic E-state index is -0.280. The summed E-state index contributed by atoms with van der Waals surface area (Å²) in [7, 11) is 0. The number of hydrogen-bond donors (Lipinski definition) is 0. The molecule has 2 rings (SSSR count). The van der Waals surface area contributed by atoms with E-state index in [0.29, 0.717) is 18.0 Å². The van der Waals surface area contributed by atoms with E-state index >= 15 is 0 Å². The van der Waals surface area contributed by atoms with Gasteiger partial charge in [0.15, 0.2) is 5.78 Å². The van der Waals surface area contributed by atoms with Crippen molar-refractivity contribution in [3.63, 3.8) is 0 Å². The van der Waals surface area contributed by atoms with Gasteiger partial charge in [0.1, 0.15) is 5.78 Å². The first-order chi connectivity index (χ1) is 8.74. The zero-order chi connectivity index (χ0) is 14.4. The summed E-state index contributed by atoms with van der Waals surface area (Å²) in [6.07, 6.45) is 4.36. The normalized spacial score (nSPS) is 31.6. The van der Waals surface area contributed by atoms with Crippen LogP contribution < -0.4 is 0 Å². The standard InChI is InChI=1S/C17H26O2/c1-6-17-10-9-14(18)11(2)12(17)7-8-13(17)15(19)16(3,4)5/h13H,6-10H2,1-5H3/t13-,17+/m1/s1. The van der Waals surface area contributed by atoms with Crippen LogP contribution in [0.1, 0.15) is 66.7 Å². The predicted molar refractivity (Wildman–Crippen MR) is 76.9 cm³/mol. The van der Waals surface area contributed by atoms with Crippen molar-refractivity contribution in [3.05, 3.63) is 11.1 Å². The van der Waals surface area contributed by atoms with Gasteiger partial charge in [-0.05, 0) is 38.2 Å². The van der Waals surface area contributed by atoms with E-state index in [-0.39, 0.29) is 16.7 Å². The topological polar surface area (TPSA) is 34.1 Å². The average Bonchev–Trinajstić information content (AvgIpc) is 2.72. The molecule has 106 valence electrons. The zero-order valence-corrected chi connectivity index (χ0v) is 12.9. The molecule has 0 aliphatic heterocycles. The first-order valence-electron chi connectivity index (χ1n) is 7.52. The van der Waals surface area contributed by atoms with Crippen molar-refractivity contribution in [1.29, 1.82) is 0 Å². The maximum Gasteiger partial charge on any atom is 0.158 e. The summed E-state index contributed by atoms with van der Waals surface area (Å²) >= 11 is 0. The van der Waals surface area contributed by atoms with Gasteiger partial charge in [-0.15, -0.1) is 0 Å². The van der Waals surface area contributed by atoms with Crippen LogP contribution in [-0.2, 0) is 9.59 Å². The fraction of sp³-hybridized carbons (Fsp3) is 0.765. The second kappa shape index (κ2) is 4.57. The van der Waals surface area contributed by atoms with Crippen LogP contribution >= 0.6 is 0 Å². The average molecular weight is 262 g/mol. The molecular formula is C17H26O2. The van der Waals surface area contributed by atoms with E-state index in [4.69, 9.17) is 0 Å². The summed E-state index contributed by atoms with van der Waals surface area (Å²) in [5.41, 5.74) is 1.96. The smallest absolute Gasteiger partial charge is 0.158 e. The van der Waals surface area contributed by atoms with Gasteiger partial charge in [-0.2, -0.15) is 0 Å². The fourth-order valence-corrected chi connectivity index (χ4v) is 4.14. The summed E-state index contributed by atoms with van der Waals surface area (Å²) in [5.74, 6) is 0.796. The van der Waals surface area contributed by atoms with Crippen LogP contribution in [-0.4, -0.2) is 11.6 Å². The molecule has 0 spiro atoms. The minimum absolute atomic E-state index is 0.0116. The minimum Gasteiger partial charge on any atom is -0.299 e. The molecule has 1 saturated carbocycles. The highest BCUT2D eigenvalue weighted by Crippen LogP contribution is 2.57. The Kier molecular flexibility index (Phi) is 3.49. The number of fused-ring (bicyclic) bond motifs is 1. The van der Waals surface area contributed by atoms with Crippen molar-refractivity contribution >= 4 is 11.6 Å². The second-order valence-electron chi connectivity index (χ2n) is 7.24. The third kappa shape index (κ3) is 2.09. The van der Waals surface area contributed by atoms with E-state index in [1.54, 1.807) is 0 Å². The highest BCUT2D eigenvalue weighted by molar-refractivity contribution is 5.98. The van der Waals surface area contributed by atoms with Gasteiger partial charge in [0.2, 0.25) is 0 Å². The maximum absolute atomic E-state index is 12.8. The maximum atomic E-state index is 12.8. The van der Waals surface area contributed by atoms with E-state index in [1.807, 2.05) is 27.7 Å². The quantitative estimate of drug-likeness (QED) is 0.751. The lowest BCUT2D eigenvalue weighted by atomic mass is 9.62. The molecule has 0 aromatic carbocycles. The molecule has 0 heterocycles. The van der Waals surface area contributed by atoms with E-state index < -0.39 is 0 Å². The van der Waals surface area contributed by atoms with Gasteiger partial charge in [0.25, 0.3) is 0 Å². The first-order valence-corrected chi connectivity index (χ1v) is 7.52. The molecule has 0 aromatic heterocycles. The summed E-state index contributed by atoms with van der Waals surface area (Å²) < 4.78 is 0. The molecule has 2 aliphatic rings. The van der Waals surface area contributed by atoms with Crippen LogP contribution in [0.2, 0.25) is 0 Å². The lowest BCUT2D eigenvalue weighted by Gasteiger charge is -2.41. The molecule has 2 nitrogen and oxygen atoms in total. The van der Waals surface area contributed by atoms with Crippen molar-refractivity contribution in [1.82, 2.24) is 0 Å². The van der Waals surface area contributed by atoms with Crippen molar-refractivity contribution in [2.24, 2.45) is 16.7 Å². The van der Waals surface area contributed by atoms with Crippen molar-refractivity contribution in [2.75, 3.05) is 0 Å². The molecule has 0 amide bonds. The van der Waals surface area contributed by atoms with Gasteiger partial charge in [-0.1, -0.05) is 33.3 Å².